The SMILES string of the molecule is Clc1ncc2cc3c(cc2n1)OCO3. The molecule has 0 atom stereocenters. The lowest BCUT2D eigenvalue weighted by molar-refractivity contribution is 0.174. The fourth-order valence-electron chi connectivity index (χ4n) is 1.40. The van der Waals surface area contributed by atoms with Crippen molar-refractivity contribution in [3.05, 3.63) is 23.6 Å². The molecule has 1 aromatic carbocycles. The summed E-state index contributed by atoms with van der Waals surface area (Å²) in [5, 5.41) is 1.12. The number of halogens is 1. The number of hydrogen-bond donors (Lipinski definition) is 0. The molecule has 4 nitrogen and oxygen atoms in total. The maximum Gasteiger partial charge on any atom is 0.231 e. The van der Waals surface area contributed by atoms with Crippen molar-refractivity contribution in [3.63, 3.8) is 0 Å². The summed E-state index contributed by atoms with van der Waals surface area (Å²) in [6, 6.07) is 3.64. The van der Waals surface area contributed by atoms with Crippen LogP contribution in [0.1, 0.15) is 0 Å². The first kappa shape index (κ1) is 7.82. The Labute approximate surface area is 84.4 Å². The third-order valence-corrected chi connectivity index (χ3v) is 2.23. The second-order valence-electron chi connectivity index (χ2n) is 2.90. The summed E-state index contributed by atoms with van der Waals surface area (Å²) < 4.78 is 10.4. The molecule has 1 aliphatic rings. The van der Waals surface area contributed by atoms with Gasteiger partial charge in [0.15, 0.2) is 11.5 Å². The van der Waals surface area contributed by atoms with E-state index in [2.05, 4.69) is 9.97 Å². The first-order valence-electron chi connectivity index (χ1n) is 4.05. The van der Waals surface area contributed by atoms with Gasteiger partial charge in [-0.2, -0.15) is 0 Å². The van der Waals surface area contributed by atoms with Crippen LogP contribution in [0.3, 0.4) is 0 Å². The van der Waals surface area contributed by atoms with Gasteiger partial charge in [0.05, 0.1) is 5.52 Å². The van der Waals surface area contributed by atoms with Crippen molar-refractivity contribution in [3.8, 4) is 11.5 Å². The van der Waals surface area contributed by atoms with Gasteiger partial charge < -0.3 is 9.47 Å². The quantitative estimate of drug-likeness (QED) is 0.622. The number of fused-ring (bicyclic) bond motifs is 2. The van der Waals surface area contributed by atoms with Gasteiger partial charge in [0.2, 0.25) is 12.1 Å². The molecule has 2 aromatic rings. The van der Waals surface area contributed by atoms with Crippen LogP contribution in [0.4, 0.5) is 0 Å². The molecule has 0 saturated heterocycles. The lowest BCUT2D eigenvalue weighted by Crippen LogP contribution is -1.92. The van der Waals surface area contributed by atoms with Crippen molar-refractivity contribution in [2.24, 2.45) is 0 Å². The summed E-state index contributed by atoms with van der Waals surface area (Å²) in [5.41, 5.74) is 0.759. The zero-order chi connectivity index (χ0) is 9.54. The van der Waals surface area contributed by atoms with E-state index in [0.717, 1.165) is 16.7 Å². The zero-order valence-corrected chi connectivity index (χ0v) is 7.78. The summed E-state index contributed by atoms with van der Waals surface area (Å²) in [7, 11) is 0. The smallest absolute Gasteiger partial charge is 0.231 e. The third-order valence-electron chi connectivity index (χ3n) is 2.04. The summed E-state index contributed by atoms with van der Waals surface area (Å²) >= 11 is 5.68. The van der Waals surface area contributed by atoms with Gasteiger partial charge >= 0.3 is 0 Å². The number of nitrogens with zero attached hydrogens (tertiary/aromatic N) is 2. The van der Waals surface area contributed by atoms with E-state index in [4.69, 9.17) is 21.1 Å². The highest BCUT2D eigenvalue weighted by Gasteiger charge is 2.14. The van der Waals surface area contributed by atoms with Gasteiger partial charge in [-0.25, -0.2) is 9.97 Å². The molecule has 3 rings (SSSR count). The molecule has 0 unspecified atom stereocenters. The van der Waals surface area contributed by atoms with E-state index in [0.29, 0.717) is 5.75 Å². The van der Waals surface area contributed by atoms with Crippen LogP contribution in [0, 0.1) is 0 Å². The first-order valence-corrected chi connectivity index (χ1v) is 4.42. The van der Waals surface area contributed by atoms with Gasteiger partial charge in [-0.1, -0.05) is 0 Å². The Morgan fingerprint density at radius 3 is 2.86 bits per heavy atom. The van der Waals surface area contributed by atoms with E-state index in [-0.39, 0.29) is 12.1 Å². The highest BCUT2D eigenvalue weighted by atomic mass is 35.5. The fraction of sp³-hybridized carbons (Fsp3) is 0.111. The Morgan fingerprint density at radius 1 is 1.21 bits per heavy atom. The van der Waals surface area contributed by atoms with Crippen LogP contribution in [-0.4, -0.2) is 16.8 Å². The monoisotopic (exact) mass is 208 g/mol. The molecule has 1 aromatic heterocycles. The van der Waals surface area contributed by atoms with Gasteiger partial charge in [-0.05, 0) is 17.7 Å². The number of ether oxygens (including phenoxy) is 2. The van der Waals surface area contributed by atoms with E-state index >= 15 is 0 Å². The standard InChI is InChI=1S/C9H5ClN2O2/c10-9-11-3-5-1-7-8(14-4-13-7)2-6(5)12-9/h1-3H,4H2. The fourth-order valence-corrected chi connectivity index (χ4v) is 1.54. The second kappa shape index (κ2) is 2.72. The highest BCUT2D eigenvalue weighted by molar-refractivity contribution is 6.28. The molecule has 0 radical (unpaired) electrons. The van der Waals surface area contributed by atoms with E-state index in [9.17, 15) is 0 Å². The molecule has 14 heavy (non-hydrogen) atoms. The Morgan fingerprint density at radius 2 is 2.00 bits per heavy atom. The summed E-state index contributed by atoms with van der Waals surface area (Å²) in [5.74, 6) is 1.43. The maximum atomic E-state index is 5.68. The van der Waals surface area contributed by atoms with Crippen molar-refractivity contribution in [1.82, 2.24) is 9.97 Å². The average molecular weight is 209 g/mol. The zero-order valence-electron chi connectivity index (χ0n) is 7.03. The van der Waals surface area contributed by atoms with Crippen LogP contribution in [0.15, 0.2) is 18.3 Å². The number of hydrogen-bond acceptors (Lipinski definition) is 4. The third kappa shape index (κ3) is 1.08. The molecular weight excluding hydrogens is 204 g/mol. The van der Waals surface area contributed by atoms with Crippen molar-refractivity contribution in [2.75, 3.05) is 6.79 Å². The normalized spacial score (nSPS) is 13.5. The molecular formula is C9H5ClN2O2. The minimum atomic E-state index is 0.233. The van der Waals surface area contributed by atoms with Crippen LogP contribution in [0.2, 0.25) is 5.28 Å². The largest absolute Gasteiger partial charge is 0.454 e. The molecule has 0 N–H and O–H groups in total. The Hall–Kier alpha value is -1.55. The van der Waals surface area contributed by atoms with Gasteiger partial charge in [-0.3, -0.25) is 0 Å². The van der Waals surface area contributed by atoms with E-state index in [1.807, 2.05) is 6.07 Å². The number of aromatic nitrogens is 2. The van der Waals surface area contributed by atoms with Crippen molar-refractivity contribution in [2.45, 2.75) is 0 Å². The summed E-state index contributed by atoms with van der Waals surface area (Å²) in [4.78, 5) is 7.96. The van der Waals surface area contributed by atoms with Crippen LogP contribution < -0.4 is 9.47 Å². The first-order chi connectivity index (χ1) is 6.83. The van der Waals surface area contributed by atoms with Gasteiger partial charge in [0.25, 0.3) is 0 Å². The predicted octanol–water partition coefficient (Wildman–Crippen LogP) is 2.01. The molecule has 0 bridgehead atoms. The lowest BCUT2D eigenvalue weighted by Gasteiger charge is -1.99. The minimum absolute atomic E-state index is 0.233. The van der Waals surface area contributed by atoms with Crippen molar-refractivity contribution < 1.29 is 9.47 Å². The predicted molar refractivity (Wildman–Crippen MR) is 50.7 cm³/mol. The molecule has 0 fully saturated rings. The molecule has 5 heteroatoms. The number of rotatable bonds is 0. The molecule has 2 heterocycles. The number of benzene rings is 1. The van der Waals surface area contributed by atoms with E-state index in [1.165, 1.54) is 0 Å². The van der Waals surface area contributed by atoms with E-state index in [1.54, 1.807) is 12.3 Å². The van der Waals surface area contributed by atoms with Crippen molar-refractivity contribution >= 4 is 22.5 Å². The summed E-state index contributed by atoms with van der Waals surface area (Å²) in [6.45, 7) is 0.257. The maximum absolute atomic E-state index is 5.68. The molecule has 70 valence electrons. The topological polar surface area (TPSA) is 44.2 Å². The Bertz CT molecular complexity index is 515. The molecule has 0 aliphatic carbocycles. The van der Waals surface area contributed by atoms with Gasteiger partial charge in [-0.15, -0.1) is 0 Å². The van der Waals surface area contributed by atoms with Crippen LogP contribution >= 0.6 is 11.6 Å². The van der Waals surface area contributed by atoms with Crippen LogP contribution in [0.5, 0.6) is 11.5 Å². The van der Waals surface area contributed by atoms with Crippen LogP contribution in [-0.2, 0) is 0 Å². The average Bonchev–Trinajstić information content (AvgIpc) is 2.61. The van der Waals surface area contributed by atoms with E-state index < -0.39 is 0 Å². The highest BCUT2D eigenvalue weighted by Crippen LogP contribution is 2.35. The minimum Gasteiger partial charge on any atom is -0.454 e. The summed E-state index contributed by atoms with van der Waals surface area (Å²) in [6.07, 6.45) is 1.66. The van der Waals surface area contributed by atoms with Gasteiger partial charge in [0, 0.05) is 17.6 Å². The molecule has 1 aliphatic heterocycles. The van der Waals surface area contributed by atoms with Crippen molar-refractivity contribution in [1.29, 1.82) is 0 Å². The molecule has 0 saturated carbocycles. The second-order valence-corrected chi connectivity index (χ2v) is 3.24. The lowest BCUT2D eigenvalue weighted by atomic mass is 10.2. The van der Waals surface area contributed by atoms with Gasteiger partial charge in [0.1, 0.15) is 0 Å². The Balaban J connectivity index is 2.33. The molecule has 0 spiro atoms. The molecule has 0 amide bonds. The van der Waals surface area contributed by atoms with Crippen LogP contribution in [0.25, 0.3) is 10.9 Å². The Kier molecular flexibility index (Phi) is 1.52.